The zero-order valence-electron chi connectivity index (χ0n) is 22.6. The summed E-state index contributed by atoms with van der Waals surface area (Å²) >= 11 is 0. The first-order valence-corrected chi connectivity index (χ1v) is 12.3. The molecule has 1 aliphatic rings. The lowest BCUT2D eigenvalue weighted by molar-refractivity contribution is -0.00300. The van der Waals surface area contributed by atoms with Gasteiger partial charge in [0.25, 0.3) is 0 Å². The van der Waals surface area contributed by atoms with Crippen molar-refractivity contribution in [3.63, 3.8) is 0 Å². The predicted octanol–water partition coefficient (Wildman–Crippen LogP) is 5.43. The third-order valence-electron chi connectivity index (χ3n) is 6.26. The number of piperazine rings is 1. The van der Waals surface area contributed by atoms with E-state index >= 15 is 0 Å². The standard InChI is InChI=1S/C28H36F2N2O5/c1-17-8-9-20(13-22(17)29)24(36-21-12-18(2)25(23(30)14-21)26(33)35-7)16-31-10-11-32(19(3)15-31)27(34)37-28(4,5)6/h8-9,12-14,19,24H,10-11,15-16H2,1-7H3/t19-,24?/m1/s1. The number of rotatable bonds is 6. The highest BCUT2D eigenvalue weighted by Gasteiger charge is 2.32. The van der Waals surface area contributed by atoms with Gasteiger partial charge in [-0.15, -0.1) is 0 Å². The molecule has 1 aliphatic heterocycles. The van der Waals surface area contributed by atoms with Crippen molar-refractivity contribution in [3.05, 3.63) is 64.2 Å². The molecule has 9 heteroatoms. The molecular weight excluding hydrogens is 482 g/mol. The Morgan fingerprint density at radius 2 is 1.76 bits per heavy atom. The van der Waals surface area contributed by atoms with Gasteiger partial charge in [0, 0.05) is 38.3 Å². The molecule has 0 saturated carbocycles. The number of ether oxygens (including phenoxy) is 3. The van der Waals surface area contributed by atoms with Crippen molar-refractivity contribution in [3.8, 4) is 5.75 Å². The number of aryl methyl sites for hydroxylation is 2. The second kappa shape index (κ2) is 11.5. The molecule has 1 fully saturated rings. The van der Waals surface area contributed by atoms with E-state index in [2.05, 4.69) is 9.64 Å². The summed E-state index contributed by atoms with van der Waals surface area (Å²) < 4.78 is 45.6. The highest BCUT2D eigenvalue weighted by atomic mass is 19.1. The topological polar surface area (TPSA) is 68.3 Å². The van der Waals surface area contributed by atoms with Crippen LogP contribution in [0.25, 0.3) is 0 Å². The number of hydrogen-bond donors (Lipinski definition) is 0. The van der Waals surface area contributed by atoms with E-state index < -0.39 is 23.5 Å². The molecule has 0 bridgehead atoms. The van der Waals surface area contributed by atoms with Gasteiger partial charge in [0.15, 0.2) is 0 Å². The first-order chi connectivity index (χ1) is 17.3. The molecular formula is C28H36F2N2O5. The minimum Gasteiger partial charge on any atom is -0.484 e. The molecule has 202 valence electrons. The Kier molecular flexibility index (Phi) is 8.79. The molecule has 1 unspecified atom stereocenters. The number of halogens is 2. The van der Waals surface area contributed by atoms with Gasteiger partial charge in [-0.3, -0.25) is 4.90 Å². The fraction of sp³-hybridized carbons (Fsp3) is 0.500. The van der Waals surface area contributed by atoms with Crippen LogP contribution in [0.2, 0.25) is 0 Å². The van der Waals surface area contributed by atoms with Crippen LogP contribution in [-0.4, -0.2) is 66.8 Å². The number of carbonyl (C=O) groups excluding carboxylic acids is 2. The highest BCUT2D eigenvalue weighted by molar-refractivity contribution is 5.91. The van der Waals surface area contributed by atoms with Gasteiger partial charge in [0.1, 0.15) is 29.1 Å². The number of hydrogen-bond acceptors (Lipinski definition) is 6. The average Bonchev–Trinajstić information content (AvgIpc) is 2.78. The van der Waals surface area contributed by atoms with Crippen LogP contribution < -0.4 is 4.74 Å². The van der Waals surface area contributed by atoms with Crippen LogP contribution in [0.15, 0.2) is 30.3 Å². The number of esters is 1. The van der Waals surface area contributed by atoms with Gasteiger partial charge in [-0.05, 0) is 70.4 Å². The van der Waals surface area contributed by atoms with E-state index in [0.717, 1.165) is 6.07 Å². The molecule has 3 rings (SSSR count). The third kappa shape index (κ3) is 7.19. The summed E-state index contributed by atoms with van der Waals surface area (Å²) in [6, 6.07) is 7.48. The fourth-order valence-electron chi connectivity index (χ4n) is 4.35. The largest absolute Gasteiger partial charge is 0.484 e. The molecule has 1 saturated heterocycles. The predicted molar refractivity (Wildman–Crippen MR) is 136 cm³/mol. The molecule has 0 aromatic heterocycles. The molecule has 2 aromatic carbocycles. The van der Waals surface area contributed by atoms with Crippen LogP contribution >= 0.6 is 0 Å². The quantitative estimate of drug-likeness (QED) is 0.475. The van der Waals surface area contributed by atoms with E-state index in [9.17, 15) is 18.4 Å². The Balaban J connectivity index is 1.82. The molecule has 0 aliphatic carbocycles. The third-order valence-corrected chi connectivity index (χ3v) is 6.26. The molecule has 7 nitrogen and oxygen atoms in total. The van der Waals surface area contributed by atoms with Crippen molar-refractivity contribution in [2.75, 3.05) is 33.3 Å². The van der Waals surface area contributed by atoms with Crippen LogP contribution in [-0.2, 0) is 9.47 Å². The summed E-state index contributed by atoms with van der Waals surface area (Å²) in [5, 5.41) is 0. The van der Waals surface area contributed by atoms with E-state index in [1.165, 1.54) is 13.2 Å². The van der Waals surface area contributed by atoms with Crippen LogP contribution in [0.4, 0.5) is 13.6 Å². The molecule has 1 heterocycles. The van der Waals surface area contributed by atoms with Crippen molar-refractivity contribution < 1.29 is 32.6 Å². The lowest BCUT2D eigenvalue weighted by atomic mass is 10.0. The summed E-state index contributed by atoms with van der Waals surface area (Å²) in [7, 11) is 1.19. The molecule has 2 aromatic rings. The lowest BCUT2D eigenvalue weighted by Crippen LogP contribution is -2.55. The Morgan fingerprint density at radius 1 is 1.05 bits per heavy atom. The SMILES string of the molecule is COC(=O)c1c(C)cc(OC(CN2CCN(C(=O)OC(C)(C)C)[C@H](C)C2)c2ccc(C)c(F)c2)cc1F. The van der Waals surface area contributed by atoms with E-state index in [1.807, 2.05) is 27.7 Å². The summed E-state index contributed by atoms with van der Waals surface area (Å²) in [5.41, 5.74) is 0.737. The normalized spacial score (nSPS) is 17.3. The van der Waals surface area contributed by atoms with Crippen molar-refractivity contribution in [1.29, 1.82) is 0 Å². The van der Waals surface area contributed by atoms with Crippen molar-refractivity contribution >= 4 is 12.1 Å². The number of nitrogens with zero attached hydrogens (tertiary/aromatic N) is 2. The van der Waals surface area contributed by atoms with E-state index in [4.69, 9.17) is 9.47 Å². The highest BCUT2D eigenvalue weighted by Crippen LogP contribution is 2.29. The minimum absolute atomic E-state index is 0.113. The van der Waals surface area contributed by atoms with Gasteiger partial charge < -0.3 is 19.1 Å². The molecule has 1 amide bonds. The maximum atomic E-state index is 14.8. The number of methoxy groups -OCH3 is 1. The van der Waals surface area contributed by atoms with Gasteiger partial charge in [0.05, 0.1) is 12.7 Å². The van der Waals surface area contributed by atoms with E-state index in [-0.39, 0.29) is 29.3 Å². The number of carbonyl (C=O) groups is 2. The van der Waals surface area contributed by atoms with E-state index in [0.29, 0.717) is 42.9 Å². The zero-order valence-corrected chi connectivity index (χ0v) is 22.6. The first-order valence-electron chi connectivity index (χ1n) is 12.3. The van der Waals surface area contributed by atoms with Crippen LogP contribution in [0.1, 0.15) is 60.8 Å². The van der Waals surface area contributed by atoms with Gasteiger partial charge >= 0.3 is 12.1 Å². The second-order valence-electron chi connectivity index (χ2n) is 10.5. The van der Waals surface area contributed by atoms with Crippen molar-refractivity contribution in [2.45, 2.75) is 59.3 Å². The summed E-state index contributed by atoms with van der Waals surface area (Å²) in [6.07, 6.45) is -0.983. The maximum absolute atomic E-state index is 14.8. The zero-order chi connectivity index (χ0) is 27.5. The van der Waals surface area contributed by atoms with E-state index in [1.54, 1.807) is 36.9 Å². The smallest absolute Gasteiger partial charge is 0.410 e. The van der Waals surface area contributed by atoms with Crippen LogP contribution in [0.5, 0.6) is 5.75 Å². The number of benzene rings is 2. The van der Waals surface area contributed by atoms with Gasteiger partial charge in [-0.2, -0.15) is 0 Å². The molecule has 37 heavy (non-hydrogen) atoms. The minimum atomic E-state index is -0.768. The van der Waals surface area contributed by atoms with Gasteiger partial charge in [-0.25, -0.2) is 18.4 Å². The summed E-state index contributed by atoms with van der Waals surface area (Å²) in [5.74, 6) is -1.67. The van der Waals surface area contributed by atoms with Crippen LogP contribution in [0, 0.1) is 25.5 Å². The molecule has 2 atom stereocenters. The molecule has 0 radical (unpaired) electrons. The summed E-state index contributed by atoms with van der Waals surface area (Å²) in [6.45, 7) is 12.7. The van der Waals surface area contributed by atoms with Crippen molar-refractivity contribution in [1.82, 2.24) is 9.80 Å². The first kappa shape index (κ1) is 28.4. The molecule has 0 N–H and O–H groups in total. The Bertz CT molecular complexity index is 1120. The Hall–Kier alpha value is -3.20. The monoisotopic (exact) mass is 518 g/mol. The fourth-order valence-corrected chi connectivity index (χ4v) is 4.35. The second-order valence-corrected chi connectivity index (χ2v) is 10.5. The van der Waals surface area contributed by atoms with Gasteiger partial charge in [-0.1, -0.05) is 12.1 Å². The van der Waals surface area contributed by atoms with Crippen LogP contribution in [0.3, 0.4) is 0 Å². The van der Waals surface area contributed by atoms with Gasteiger partial charge in [0.2, 0.25) is 0 Å². The molecule has 0 spiro atoms. The average molecular weight is 519 g/mol. The number of amides is 1. The maximum Gasteiger partial charge on any atom is 0.410 e. The lowest BCUT2D eigenvalue weighted by Gasteiger charge is -2.41. The summed E-state index contributed by atoms with van der Waals surface area (Å²) in [4.78, 5) is 28.4. The van der Waals surface area contributed by atoms with Crippen molar-refractivity contribution in [2.24, 2.45) is 0 Å². The Labute approximate surface area is 217 Å². The Morgan fingerprint density at radius 3 is 2.32 bits per heavy atom.